The highest BCUT2D eigenvalue weighted by molar-refractivity contribution is 9.10. The summed E-state index contributed by atoms with van der Waals surface area (Å²) in [4.78, 5) is 25.0. The summed E-state index contributed by atoms with van der Waals surface area (Å²) in [5, 5.41) is 4.03. The van der Waals surface area contributed by atoms with Gasteiger partial charge >= 0.3 is 0 Å². The Balaban J connectivity index is 1.43. The number of amides is 1. The topological polar surface area (TPSA) is 58.1 Å². The molecule has 0 saturated heterocycles. The Morgan fingerprint density at radius 1 is 0.763 bits per heavy atom. The number of para-hydroxylation sites is 1. The van der Waals surface area contributed by atoms with Crippen molar-refractivity contribution in [2.45, 2.75) is 19.4 Å². The van der Waals surface area contributed by atoms with Crippen LogP contribution in [0.4, 0.5) is 5.82 Å². The van der Waals surface area contributed by atoms with Crippen molar-refractivity contribution in [3.05, 3.63) is 125 Å². The molecular formula is C32H29BrN4O. The van der Waals surface area contributed by atoms with E-state index in [1.165, 1.54) is 5.56 Å². The van der Waals surface area contributed by atoms with Crippen molar-refractivity contribution in [2.75, 3.05) is 18.0 Å². The second-order valence-corrected chi connectivity index (χ2v) is 10.0. The predicted octanol–water partition coefficient (Wildman–Crippen LogP) is 6.81. The summed E-state index contributed by atoms with van der Waals surface area (Å²) >= 11 is 3.57. The van der Waals surface area contributed by atoms with Crippen LogP contribution in [-0.2, 0) is 17.8 Å². The third-order valence-corrected chi connectivity index (χ3v) is 6.91. The summed E-state index contributed by atoms with van der Waals surface area (Å²) in [7, 11) is 0. The summed E-state index contributed by atoms with van der Waals surface area (Å²) in [6, 6.07) is 36.5. The van der Waals surface area contributed by atoms with E-state index in [9.17, 15) is 4.79 Å². The second-order valence-electron chi connectivity index (χ2n) is 9.13. The largest absolute Gasteiger partial charge is 0.355 e. The van der Waals surface area contributed by atoms with Crippen LogP contribution in [0.1, 0.15) is 17.5 Å². The molecule has 1 aromatic heterocycles. The zero-order valence-corrected chi connectivity index (χ0v) is 22.6. The molecule has 0 radical (unpaired) electrons. The molecule has 1 N–H and O–H groups in total. The lowest BCUT2D eigenvalue weighted by atomic mass is 10.1. The third-order valence-electron chi connectivity index (χ3n) is 6.42. The van der Waals surface area contributed by atoms with Crippen molar-refractivity contribution in [3.8, 4) is 11.4 Å². The molecule has 190 valence electrons. The number of aromatic nitrogens is 2. The Labute approximate surface area is 231 Å². The van der Waals surface area contributed by atoms with Gasteiger partial charge in [-0.2, -0.15) is 0 Å². The van der Waals surface area contributed by atoms with Crippen LogP contribution in [0, 0.1) is 0 Å². The van der Waals surface area contributed by atoms with Gasteiger partial charge in [0.25, 0.3) is 0 Å². The van der Waals surface area contributed by atoms with Gasteiger partial charge in [-0.05, 0) is 41.8 Å². The normalized spacial score (nSPS) is 10.9. The van der Waals surface area contributed by atoms with E-state index in [4.69, 9.17) is 9.97 Å². The molecule has 0 saturated carbocycles. The van der Waals surface area contributed by atoms with Gasteiger partial charge in [0.2, 0.25) is 5.91 Å². The molecule has 1 heterocycles. The van der Waals surface area contributed by atoms with Gasteiger partial charge in [0.15, 0.2) is 5.82 Å². The number of nitrogens with one attached hydrogen (secondary N) is 1. The monoisotopic (exact) mass is 564 g/mol. The number of carbonyl (C=O) groups excluding carboxylic acids is 1. The number of benzene rings is 4. The van der Waals surface area contributed by atoms with Crippen LogP contribution in [0.5, 0.6) is 0 Å². The number of hydrogen-bond donors (Lipinski definition) is 1. The average molecular weight is 566 g/mol. The van der Waals surface area contributed by atoms with E-state index in [1.54, 1.807) is 0 Å². The van der Waals surface area contributed by atoms with Crippen molar-refractivity contribution in [1.82, 2.24) is 15.3 Å². The minimum atomic E-state index is 0.0177. The highest BCUT2D eigenvalue weighted by Gasteiger charge is 2.17. The van der Waals surface area contributed by atoms with E-state index < -0.39 is 0 Å². The van der Waals surface area contributed by atoms with Gasteiger partial charge in [0.1, 0.15) is 5.82 Å². The van der Waals surface area contributed by atoms with Crippen LogP contribution in [0.25, 0.3) is 22.3 Å². The molecule has 38 heavy (non-hydrogen) atoms. The Morgan fingerprint density at radius 3 is 2.24 bits per heavy atom. The maximum atomic E-state index is 12.8. The number of rotatable bonds is 10. The Bertz CT molecular complexity index is 1510. The smallest absolute Gasteiger partial charge is 0.222 e. The van der Waals surface area contributed by atoms with Gasteiger partial charge in [0, 0.05) is 41.5 Å². The zero-order chi connectivity index (χ0) is 26.2. The molecule has 0 unspecified atom stereocenters. The average Bonchev–Trinajstić information content (AvgIpc) is 2.97. The van der Waals surface area contributed by atoms with Crippen molar-refractivity contribution >= 4 is 38.6 Å². The molecule has 0 spiro atoms. The first-order valence-corrected chi connectivity index (χ1v) is 13.6. The van der Waals surface area contributed by atoms with Gasteiger partial charge in [-0.25, -0.2) is 9.97 Å². The lowest BCUT2D eigenvalue weighted by Crippen LogP contribution is -2.33. The summed E-state index contributed by atoms with van der Waals surface area (Å²) < 4.78 is 0.976. The molecule has 0 aliphatic rings. The minimum absolute atomic E-state index is 0.0177. The third kappa shape index (κ3) is 6.64. The Hall–Kier alpha value is -4.03. The first-order valence-electron chi connectivity index (χ1n) is 12.8. The summed E-state index contributed by atoms with van der Waals surface area (Å²) in [6.45, 7) is 1.80. The van der Waals surface area contributed by atoms with E-state index in [2.05, 4.69) is 56.5 Å². The van der Waals surface area contributed by atoms with E-state index in [0.717, 1.165) is 45.3 Å². The van der Waals surface area contributed by atoms with E-state index in [-0.39, 0.29) is 5.91 Å². The molecule has 5 nitrogen and oxygen atoms in total. The van der Waals surface area contributed by atoms with E-state index in [1.807, 2.05) is 78.9 Å². The Kier molecular flexibility index (Phi) is 8.41. The van der Waals surface area contributed by atoms with Crippen molar-refractivity contribution < 1.29 is 4.79 Å². The molecule has 5 aromatic rings. The van der Waals surface area contributed by atoms with Crippen LogP contribution in [0.2, 0.25) is 0 Å². The molecule has 5 rings (SSSR count). The van der Waals surface area contributed by atoms with Crippen LogP contribution in [0.15, 0.2) is 114 Å². The number of nitrogens with zero attached hydrogens (tertiary/aromatic N) is 3. The number of fused-ring (bicyclic) bond motifs is 1. The number of hydrogen-bond acceptors (Lipinski definition) is 4. The highest BCUT2D eigenvalue weighted by Crippen LogP contribution is 2.29. The predicted molar refractivity (Wildman–Crippen MR) is 158 cm³/mol. The molecule has 4 aromatic carbocycles. The zero-order valence-electron chi connectivity index (χ0n) is 21.1. The molecule has 1 amide bonds. The van der Waals surface area contributed by atoms with Gasteiger partial charge in [-0.15, -0.1) is 0 Å². The molecule has 6 heteroatoms. The fourth-order valence-electron chi connectivity index (χ4n) is 4.41. The van der Waals surface area contributed by atoms with Crippen LogP contribution in [0.3, 0.4) is 0 Å². The van der Waals surface area contributed by atoms with Crippen LogP contribution >= 0.6 is 15.9 Å². The second kappa shape index (κ2) is 12.5. The SMILES string of the molecule is O=C(CCN(CCc1ccccc1)c1nc(-c2cccc(Br)c2)nc2ccccc12)NCc1ccccc1. The van der Waals surface area contributed by atoms with Crippen LogP contribution in [-0.4, -0.2) is 29.0 Å². The van der Waals surface area contributed by atoms with E-state index >= 15 is 0 Å². The Morgan fingerprint density at radius 2 is 1.47 bits per heavy atom. The fourth-order valence-corrected chi connectivity index (χ4v) is 4.81. The van der Waals surface area contributed by atoms with Gasteiger partial charge in [-0.1, -0.05) is 101 Å². The first kappa shape index (κ1) is 25.6. The lowest BCUT2D eigenvalue weighted by Gasteiger charge is -2.25. The maximum Gasteiger partial charge on any atom is 0.222 e. The summed E-state index contributed by atoms with van der Waals surface area (Å²) in [6.07, 6.45) is 1.21. The molecule has 0 bridgehead atoms. The quantitative estimate of drug-likeness (QED) is 0.202. The molecule has 0 aliphatic heterocycles. The first-order chi connectivity index (χ1) is 18.7. The minimum Gasteiger partial charge on any atom is -0.355 e. The van der Waals surface area contributed by atoms with Gasteiger partial charge in [0.05, 0.1) is 5.52 Å². The lowest BCUT2D eigenvalue weighted by molar-refractivity contribution is -0.121. The standard InChI is InChI=1S/C32H29BrN4O/c33-27-15-9-14-26(22-27)31-35-29-17-8-7-16-28(29)32(36-31)37(20-18-24-10-3-1-4-11-24)21-19-30(38)34-23-25-12-5-2-6-13-25/h1-17,22H,18-21,23H2,(H,34,38). The van der Waals surface area contributed by atoms with Crippen molar-refractivity contribution in [3.63, 3.8) is 0 Å². The molecule has 0 fully saturated rings. The van der Waals surface area contributed by atoms with E-state index in [0.29, 0.717) is 25.3 Å². The summed E-state index contributed by atoms with van der Waals surface area (Å²) in [5.41, 5.74) is 4.15. The molecule has 0 atom stereocenters. The number of halogens is 1. The van der Waals surface area contributed by atoms with Crippen molar-refractivity contribution in [1.29, 1.82) is 0 Å². The number of anilines is 1. The van der Waals surface area contributed by atoms with Gasteiger partial charge < -0.3 is 10.2 Å². The maximum absolute atomic E-state index is 12.8. The summed E-state index contributed by atoms with van der Waals surface area (Å²) in [5.74, 6) is 1.53. The molecule has 0 aliphatic carbocycles. The van der Waals surface area contributed by atoms with Crippen molar-refractivity contribution in [2.24, 2.45) is 0 Å². The highest BCUT2D eigenvalue weighted by atomic mass is 79.9. The number of carbonyl (C=O) groups is 1. The van der Waals surface area contributed by atoms with Gasteiger partial charge in [-0.3, -0.25) is 4.79 Å². The fraction of sp³-hybridized carbons (Fsp3) is 0.156. The van der Waals surface area contributed by atoms with Crippen LogP contribution < -0.4 is 10.2 Å². The molecular weight excluding hydrogens is 536 g/mol.